The van der Waals surface area contributed by atoms with E-state index in [1.165, 1.54) is 17.5 Å². The van der Waals surface area contributed by atoms with Gasteiger partial charge in [0, 0.05) is 38.2 Å². The lowest BCUT2D eigenvalue weighted by atomic mass is 10.1. The van der Waals surface area contributed by atoms with Crippen LogP contribution in [0.2, 0.25) is 0 Å². The Morgan fingerprint density at radius 2 is 2.00 bits per heavy atom. The Kier molecular flexibility index (Phi) is 9.02. The molecule has 3 unspecified atom stereocenters. The highest BCUT2D eigenvalue weighted by atomic mass is 127. The number of ether oxygens (including phenoxy) is 2. The van der Waals surface area contributed by atoms with Crippen molar-refractivity contribution in [3.63, 3.8) is 0 Å². The highest BCUT2D eigenvalue weighted by molar-refractivity contribution is 14.0. The molecule has 168 valence electrons. The molecule has 6 heteroatoms. The third-order valence-corrected chi connectivity index (χ3v) is 6.07. The molecule has 2 fully saturated rings. The second kappa shape index (κ2) is 11.7. The first-order chi connectivity index (χ1) is 14.7. The van der Waals surface area contributed by atoms with Gasteiger partial charge < -0.3 is 20.1 Å². The van der Waals surface area contributed by atoms with E-state index in [9.17, 15) is 0 Å². The van der Waals surface area contributed by atoms with Crippen LogP contribution in [0.4, 0.5) is 0 Å². The zero-order chi connectivity index (χ0) is 20.8. The summed E-state index contributed by atoms with van der Waals surface area (Å²) in [6.07, 6.45) is 2.33. The molecule has 0 aromatic heterocycles. The summed E-state index contributed by atoms with van der Waals surface area (Å²) < 4.78 is 11.6. The largest absolute Gasteiger partial charge is 0.493 e. The van der Waals surface area contributed by atoms with Crippen molar-refractivity contribution in [2.75, 3.05) is 33.4 Å². The molecule has 1 aliphatic heterocycles. The van der Waals surface area contributed by atoms with Gasteiger partial charge in [0.2, 0.25) is 0 Å². The van der Waals surface area contributed by atoms with E-state index in [0.29, 0.717) is 30.9 Å². The topological polar surface area (TPSA) is 54.9 Å². The summed E-state index contributed by atoms with van der Waals surface area (Å²) >= 11 is 0. The second-order valence-electron chi connectivity index (χ2n) is 8.47. The summed E-state index contributed by atoms with van der Waals surface area (Å²) in [5.41, 5.74) is 3.80. The molecule has 3 atom stereocenters. The fraction of sp³-hybridized carbons (Fsp3) is 0.480. The smallest absolute Gasteiger partial charge is 0.191 e. The third-order valence-electron chi connectivity index (χ3n) is 6.07. The van der Waals surface area contributed by atoms with Crippen LogP contribution in [-0.4, -0.2) is 39.4 Å². The first-order valence-corrected chi connectivity index (χ1v) is 11.0. The summed E-state index contributed by atoms with van der Waals surface area (Å²) in [6, 6.07) is 17.2. The molecule has 1 heterocycles. The molecular formula is C25H34IN3O2. The van der Waals surface area contributed by atoms with E-state index in [-0.39, 0.29) is 24.0 Å². The molecule has 2 N–H and O–H groups in total. The van der Waals surface area contributed by atoms with Gasteiger partial charge in [0.1, 0.15) is 5.75 Å². The average Bonchev–Trinajstić information content (AvgIpc) is 3.36. The molecule has 31 heavy (non-hydrogen) atoms. The standard InChI is InChI=1S/C25H33N3O2.HI/c1-18-8-9-21(24(12-18)30-17-19-10-11-29-16-19)14-27-25(26-2)28-15-22-13-23(22)20-6-4-3-5-7-20;/h3-9,12,19,22-23H,10-11,13-17H2,1-2H3,(H2,26,27,28);1H. The lowest BCUT2D eigenvalue weighted by Gasteiger charge is -2.17. The molecule has 1 saturated carbocycles. The molecule has 0 bridgehead atoms. The maximum absolute atomic E-state index is 6.16. The van der Waals surface area contributed by atoms with Gasteiger partial charge in [-0.05, 0) is 48.8 Å². The molecular weight excluding hydrogens is 501 g/mol. The first kappa shape index (κ1) is 23.9. The Bertz CT molecular complexity index is 853. The van der Waals surface area contributed by atoms with Crippen molar-refractivity contribution in [3.05, 3.63) is 65.2 Å². The van der Waals surface area contributed by atoms with Crippen LogP contribution >= 0.6 is 24.0 Å². The zero-order valence-electron chi connectivity index (χ0n) is 18.5. The number of hydrogen-bond acceptors (Lipinski definition) is 3. The summed E-state index contributed by atoms with van der Waals surface area (Å²) in [4.78, 5) is 4.39. The Labute approximate surface area is 203 Å². The Morgan fingerprint density at radius 3 is 2.74 bits per heavy atom. The molecule has 2 aliphatic rings. The number of halogens is 1. The van der Waals surface area contributed by atoms with E-state index in [4.69, 9.17) is 9.47 Å². The Hall–Kier alpha value is -1.80. The third kappa shape index (κ3) is 6.84. The van der Waals surface area contributed by atoms with Gasteiger partial charge in [0.25, 0.3) is 0 Å². The number of hydrogen-bond donors (Lipinski definition) is 2. The number of rotatable bonds is 8. The first-order valence-electron chi connectivity index (χ1n) is 11.0. The quantitative estimate of drug-likeness (QED) is 0.297. The molecule has 2 aromatic carbocycles. The Balaban J connectivity index is 0.00000272. The van der Waals surface area contributed by atoms with Gasteiger partial charge >= 0.3 is 0 Å². The van der Waals surface area contributed by atoms with Gasteiger partial charge in [-0.15, -0.1) is 24.0 Å². The summed E-state index contributed by atoms with van der Waals surface area (Å²) in [5, 5.41) is 6.94. The van der Waals surface area contributed by atoms with E-state index in [2.05, 4.69) is 71.1 Å². The van der Waals surface area contributed by atoms with E-state index in [1.54, 1.807) is 0 Å². The van der Waals surface area contributed by atoms with E-state index < -0.39 is 0 Å². The molecule has 1 saturated heterocycles. The van der Waals surface area contributed by atoms with Crippen molar-refractivity contribution in [1.82, 2.24) is 10.6 Å². The second-order valence-corrected chi connectivity index (χ2v) is 8.47. The Morgan fingerprint density at radius 1 is 1.16 bits per heavy atom. The van der Waals surface area contributed by atoms with Crippen molar-refractivity contribution in [3.8, 4) is 5.75 Å². The minimum Gasteiger partial charge on any atom is -0.493 e. The normalized spacial score (nSPS) is 22.5. The highest BCUT2D eigenvalue weighted by Crippen LogP contribution is 2.46. The summed E-state index contributed by atoms with van der Waals surface area (Å²) in [6.45, 7) is 6.10. The molecule has 0 amide bonds. The van der Waals surface area contributed by atoms with Crippen molar-refractivity contribution in [1.29, 1.82) is 0 Å². The number of guanidine groups is 1. The number of benzene rings is 2. The molecule has 5 nitrogen and oxygen atoms in total. The SMILES string of the molecule is CN=C(NCc1ccc(C)cc1OCC1CCOC1)NCC1CC1c1ccccc1.I. The van der Waals surface area contributed by atoms with Crippen LogP contribution in [0.3, 0.4) is 0 Å². The van der Waals surface area contributed by atoms with Crippen LogP contribution in [0.5, 0.6) is 5.75 Å². The van der Waals surface area contributed by atoms with Crippen molar-refractivity contribution >= 4 is 29.9 Å². The minimum atomic E-state index is 0. The number of nitrogens with zero attached hydrogens (tertiary/aromatic N) is 1. The average molecular weight is 535 g/mol. The molecule has 4 rings (SSSR count). The zero-order valence-corrected chi connectivity index (χ0v) is 20.8. The van der Waals surface area contributed by atoms with Gasteiger partial charge in [-0.3, -0.25) is 4.99 Å². The lowest BCUT2D eigenvalue weighted by molar-refractivity contribution is 0.166. The van der Waals surface area contributed by atoms with E-state index in [0.717, 1.165) is 43.5 Å². The predicted molar refractivity (Wildman–Crippen MR) is 137 cm³/mol. The minimum absolute atomic E-state index is 0. The van der Waals surface area contributed by atoms with Crippen molar-refractivity contribution in [2.24, 2.45) is 16.8 Å². The fourth-order valence-electron chi connectivity index (χ4n) is 4.07. The van der Waals surface area contributed by atoms with Crippen LogP contribution < -0.4 is 15.4 Å². The van der Waals surface area contributed by atoms with E-state index in [1.807, 2.05) is 7.05 Å². The molecule has 2 aromatic rings. The monoisotopic (exact) mass is 535 g/mol. The maximum atomic E-state index is 6.16. The van der Waals surface area contributed by atoms with Gasteiger partial charge in [-0.2, -0.15) is 0 Å². The predicted octanol–water partition coefficient (Wildman–Crippen LogP) is 4.50. The maximum Gasteiger partial charge on any atom is 0.191 e. The van der Waals surface area contributed by atoms with Crippen molar-refractivity contribution in [2.45, 2.75) is 32.2 Å². The van der Waals surface area contributed by atoms with Gasteiger partial charge in [0.05, 0.1) is 13.2 Å². The van der Waals surface area contributed by atoms with Gasteiger partial charge in [0.15, 0.2) is 5.96 Å². The number of aryl methyl sites for hydroxylation is 1. The van der Waals surface area contributed by atoms with E-state index >= 15 is 0 Å². The molecule has 0 spiro atoms. The summed E-state index contributed by atoms with van der Waals surface area (Å²) in [7, 11) is 1.82. The van der Waals surface area contributed by atoms with Crippen molar-refractivity contribution < 1.29 is 9.47 Å². The lowest BCUT2D eigenvalue weighted by Crippen LogP contribution is -2.38. The fourth-order valence-corrected chi connectivity index (χ4v) is 4.07. The number of nitrogens with one attached hydrogen (secondary N) is 2. The number of aliphatic imine (C=N–C) groups is 1. The highest BCUT2D eigenvalue weighted by Gasteiger charge is 2.37. The van der Waals surface area contributed by atoms with Crippen LogP contribution in [0, 0.1) is 18.8 Å². The van der Waals surface area contributed by atoms with Crippen LogP contribution in [-0.2, 0) is 11.3 Å². The van der Waals surface area contributed by atoms with Crippen LogP contribution in [0.1, 0.15) is 35.4 Å². The van der Waals surface area contributed by atoms with Crippen LogP contribution in [0.25, 0.3) is 0 Å². The van der Waals surface area contributed by atoms with Gasteiger partial charge in [-0.25, -0.2) is 0 Å². The molecule has 0 radical (unpaired) electrons. The molecule has 1 aliphatic carbocycles. The van der Waals surface area contributed by atoms with Crippen LogP contribution in [0.15, 0.2) is 53.5 Å². The summed E-state index contributed by atoms with van der Waals surface area (Å²) in [5.74, 6) is 3.64. The van der Waals surface area contributed by atoms with Gasteiger partial charge in [-0.1, -0.05) is 42.5 Å².